The van der Waals surface area contributed by atoms with Gasteiger partial charge in [-0.05, 0) is 20.3 Å². The maximum Gasteiger partial charge on any atom is 0.224 e. The van der Waals surface area contributed by atoms with Crippen LogP contribution in [0.4, 0.5) is 0 Å². The van der Waals surface area contributed by atoms with Crippen molar-refractivity contribution in [2.75, 3.05) is 26.3 Å². The maximum absolute atomic E-state index is 11.5. The average Bonchev–Trinajstić information content (AvgIpc) is 2.25. The molecule has 0 atom stereocenters. The van der Waals surface area contributed by atoms with Crippen LogP contribution >= 0.6 is 0 Å². The Labute approximate surface area is 93.8 Å². The van der Waals surface area contributed by atoms with E-state index in [4.69, 9.17) is 4.74 Å². The summed E-state index contributed by atoms with van der Waals surface area (Å²) in [6.07, 6.45) is 4.05. The van der Waals surface area contributed by atoms with Crippen LogP contribution in [0.1, 0.15) is 46.5 Å². The molecule has 0 aliphatic heterocycles. The lowest BCUT2D eigenvalue weighted by Crippen LogP contribution is -2.31. The van der Waals surface area contributed by atoms with Gasteiger partial charge in [-0.25, -0.2) is 0 Å². The topological polar surface area (TPSA) is 29.5 Å². The largest absolute Gasteiger partial charge is 0.381 e. The second-order valence-electron chi connectivity index (χ2n) is 3.64. The first-order valence-corrected chi connectivity index (χ1v) is 6.11. The highest BCUT2D eigenvalue weighted by Gasteiger charge is 2.08. The number of hydrogen-bond acceptors (Lipinski definition) is 2. The average molecular weight is 215 g/mol. The van der Waals surface area contributed by atoms with E-state index < -0.39 is 0 Å². The van der Waals surface area contributed by atoms with E-state index in [1.165, 1.54) is 12.8 Å². The van der Waals surface area contributed by atoms with Gasteiger partial charge in [0, 0.05) is 19.7 Å². The predicted octanol–water partition coefficient (Wildman–Crippen LogP) is 2.45. The third kappa shape index (κ3) is 7.37. The first-order chi connectivity index (χ1) is 7.26. The fraction of sp³-hybridized carbons (Fsp3) is 0.917. The second kappa shape index (κ2) is 9.97. The van der Waals surface area contributed by atoms with E-state index in [0.717, 1.165) is 26.1 Å². The highest BCUT2D eigenvalue weighted by atomic mass is 16.5. The van der Waals surface area contributed by atoms with Crippen molar-refractivity contribution >= 4 is 5.91 Å². The molecule has 3 heteroatoms. The molecule has 0 unspecified atom stereocenters. The Kier molecular flexibility index (Phi) is 9.59. The van der Waals surface area contributed by atoms with E-state index >= 15 is 0 Å². The number of ether oxygens (including phenoxy) is 1. The minimum Gasteiger partial charge on any atom is -0.381 e. The lowest BCUT2D eigenvalue weighted by molar-refractivity contribution is -0.131. The zero-order valence-corrected chi connectivity index (χ0v) is 10.4. The van der Waals surface area contributed by atoms with Crippen molar-refractivity contribution in [3.8, 4) is 0 Å². The van der Waals surface area contributed by atoms with Crippen molar-refractivity contribution in [1.82, 2.24) is 4.90 Å². The van der Waals surface area contributed by atoms with Gasteiger partial charge in [0.2, 0.25) is 5.91 Å². The first-order valence-electron chi connectivity index (χ1n) is 6.11. The molecule has 0 saturated carbocycles. The highest BCUT2D eigenvalue weighted by Crippen LogP contribution is 1.97. The molecular formula is C12H25NO2. The Morgan fingerprint density at radius 2 is 1.73 bits per heavy atom. The van der Waals surface area contributed by atoms with Crippen LogP contribution in [0.3, 0.4) is 0 Å². The summed E-state index contributed by atoms with van der Waals surface area (Å²) in [4.78, 5) is 13.4. The molecule has 0 saturated heterocycles. The molecule has 0 bridgehead atoms. The Hall–Kier alpha value is -0.570. The molecule has 0 heterocycles. The van der Waals surface area contributed by atoms with Crippen LogP contribution in [0, 0.1) is 0 Å². The van der Waals surface area contributed by atoms with E-state index in [9.17, 15) is 4.79 Å². The third-order valence-corrected chi connectivity index (χ3v) is 2.47. The van der Waals surface area contributed by atoms with Crippen molar-refractivity contribution < 1.29 is 9.53 Å². The molecule has 0 aromatic rings. The monoisotopic (exact) mass is 215 g/mol. The molecule has 0 aromatic heterocycles. The Morgan fingerprint density at radius 3 is 2.27 bits per heavy atom. The molecule has 0 radical (unpaired) electrons. The quantitative estimate of drug-likeness (QED) is 0.553. The second-order valence-corrected chi connectivity index (χ2v) is 3.64. The van der Waals surface area contributed by atoms with E-state index in [0.29, 0.717) is 13.0 Å². The number of amides is 1. The SMILES string of the molecule is CCCCCOCCC(=O)N(CC)CC. The van der Waals surface area contributed by atoms with Crippen molar-refractivity contribution in [2.45, 2.75) is 46.5 Å². The number of hydrogen-bond donors (Lipinski definition) is 0. The van der Waals surface area contributed by atoms with Gasteiger partial charge in [-0.3, -0.25) is 4.79 Å². The smallest absolute Gasteiger partial charge is 0.224 e. The van der Waals surface area contributed by atoms with Gasteiger partial charge in [0.1, 0.15) is 0 Å². The van der Waals surface area contributed by atoms with Crippen LogP contribution in [0.5, 0.6) is 0 Å². The zero-order chi connectivity index (χ0) is 11.5. The van der Waals surface area contributed by atoms with Gasteiger partial charge in [-0.1, -0.05) is 19.8 Å². The lowest BCUT2D eigenvalue weighted by atomic mass is 10.3. The van der Waals surface area contributed by atoms with Crippen LogP contribution < -0.4 is 0 Å². The molecule has 0 fully saturated rings. The summed E-state index contributed by atoms with van der Waals surface area (Å²) in [5.74, 6) is 0.204. The van der Waals surface area contributed by atoms with E-state index in [-0.39, 0.29) is 5.91 Å². The standard InChI is InChI=1S/C12H25NO2/c1-4-7-8-10-15-11-9-12(14)13(5-2)6-3/h4-11H2,1-3H3. The molecule has 0 N–H and O–H groups in total. The predicted molar refractivity (Wildman–Crippen MR) is 62.9 cm³/mol. The van der Waals surface area contributed by atoms with Gasteiger partial charge in [-0.15, -0.1) is 0 Å². The minimum absolute atomic E-state index is 0.204. The van der Waals surface area contributed by atoms with Crippen molar-refractivity contribution in [3.63, 3.8) is 0 Å². The van der Waals surface area contributed by atoms with Crippen LogP contribution in [-0.4, -0.2) is 37.1 Å². The molecule has 3 nitrogen and oxygen atoms in total. The van der Waals surface area contributed by atoms with Gasteiger partial charge in [-0.2, -0.15) is 0 Å². The Morgan fingerprint density at radius 1 is 1.07 bits per heavy atom. The van der Waals surface area contributed by atoms with E-state index in [1.54, 1.807) is 0 Å². The van der Waals surface area contributed by atoms with Crippen LogP contribution in [0.15, 0.2) is 0 Å². The molecule has 0 aromatic carbocycles. The number of rotatable bonds is 9. The van der Waals surface area contributed by atoms with Gasteiger partial charge >= 0.3 is 0 Å². The van der Waals surface area contributed by atoms with E-state index in [2.05, 4.69) is 6.92 Å². The minimum atomic E-state index is 0.204. The Bertz CT molecular complexity index is 156. The molecule has 90 valence electrons. The maximum atomic E-state index is 11.5. The molecule has 0 rings (SSSR count). The normalized spacial score (nSPS) is 10.3. The molecule has 0 aliphatic rings. The van der Waals surface area contributed by atoms with Crippen molar-refractivity contribution in [2.24, 2.45) is 0 Å². The molecular weight excluding hydrogens is 190 g/mol. The van der Waals surface area contributed by atoms with Crippen LogP contribution in [0.2, 0.25) is 0 Å². The fourth-order valence-electron chi connectivity index (χ4n) is 1.45. The number of nitrogens with zero attached hydrogens (tertiary/aromatic N) is 1. The summed E-state index contributed by atoms with van der Waals surface area (Å²) in [6.45, 7) is 9.13. The molecule has 0 aliphatic carbocycles. The fourth-order valence-corrected chi connectivity index (χ4v) is 1.45. The van der Waals surface area contributed by atoms with Crippen molar-refractivity contribution in [1.29, 1.82) is 0 Å². The zero-order valence-electron chi connectivity index (χ0n) is 10.4. The molecule has 1 amide bonds. The lowest BCUT2D eigenvalue weighted by Gasteiger charge is -2.18. The summed E-state index contributed by atoms with van der Waals surface area (Å²) < 4.78 is 5.40. The van der Waals surface area contributed by atoms with Gasteiger partial charge < -0.3 is 9.64 Å². The summed E-state index contributed by atoms with van der Waals surface area (Å²) >= 11 is 0. The first kappa shape index (κ1) is 14.4. The molecule has 15 heavy (non-hydrogen) atoms. The summed E-state index contributed by atoms with van der Waals surface area (Å²) in [5, 5.41) is 0. The van der Waals surface area contributed by atoms with Crippen LogP contribution in [0.25, 0.3) is 0 Å². The molecule has 0 spiro atoms. The van der Waals surface area contributed by atoms with Crippen LogP contribution in [-0.2, 0) is 9.53 Å². The summed E-state index contributed by atoms with van der Waals surface area (Å²) in [5.41, 5.74) is 0. The third-order valence-electron chi connectivity index (χ3n) is 2.47. The number of carbonyl (C=O) groups is 1. The van der Waals surface area contributed by atoms with E-state index in [1.807, 2.05) is 18.7 Å². The van der Waals surface area contributed by atoms with Crippen molar-refractivity contribution in [3.05, 3.63) is 0 Å². The van der Waals surface area contributed by atoms with Gasteiger partial charge in [0.25, 0.3) is 0 Å². The van der Waals surface area contributed by atoms with Gasteiger partial charge in [0.05, 0.1) is 13.0 Å². The number of carbonyl (C=O) groups excluding carboxylic acids is 1. The highest BCUT2D eigenvalue weighted by molar-refractivity contribution is 5.76. The number of unbranched alkanes of at least 4 members (excludes halogenated alkanes) is 2. The van der Waals surface area contributed by atoms with Gasteiger partial charge in [0.15, 0.2) is 0 Å². The summed E-state index contributed by atoms with van der Waals surface area (Å²) in [6, 6.07) is 0. The summed E-state index contributed by atoms with van der Waals surface area (Å²) in [7, 11) is 0. The Balaban J connectivity index is 3.38.